The van der Waals surface area contributed by atoms with Crippen LogP contribution in [0.1, 0.15) is 29.8 Å². The van der Waals surface area contributed by atoms with Gasteiger partial charge < -0.3 is 5.32 Å². The van der Waals surface area contributed by atoms with Crippen molar-refractivity contribution < 1.29 is 8.42 Å². The van der Waals surface area contributed by atoms with Gasteiger partial charge in [0.25, 0.3) is 0 Å². The van der Waals surface area contributed by atoms with Crippen LogP contribution in [0.5, 0.6) is 0 Å². The molecule has 8 heteroatoms. The van der Waals surface area contributed by atoms with E-state index in [4.69, 9.17) is 0 Å². The van der Waals surface area contributed by atoms with Crippen molar-refractivity contribution in [3.05, 3.63) is 53.3 Å². The Kier molecular flexibility index (Phi) is 5.32. The minimum atomic E-state index is -3.40. The molecule has 144 valence electrons. The first-order valence-electron chi connectivity index (χ1n) is 8.74. The van der Waals surface area contributed by atoms with Crippen LogP contribution < -0.4 is 5.32 Å². The SMILES string of the molecule is Cc1nn(C)c2ncc(CNC(C)c3ccc(S(=O)(=O)N(C)C)cc3)cc12. The van der Waals surface area contributed by atoms with Gasteiger partial charge in [0.15, 0.2) is 5.65 Å². The predicted octanol–water partition coefficient (Wildman–Crippen LogP) is 2.38. The lowest BCUT2D eigenvalue weighted by atomic mass is 10.1. The Labute approximate surface area is 160 Å². The van der Waals surface area contributed by atoms with Gasteiger partial charge in [-0.05, 0) is 43.2 Å². The number of benzene rings is 1. The van der Waals surface area contributed by atoms with Crippen LogP contribution in [-0.4, -0.2) is 41.6 Å². The molecule has 0 aliphatic rings. The summed E-state index contributed by atoms with van der Waals surface area (Å²) in [5, 5.41) is 8.91. The Morgan fingerprint density at radius 1 is 1.22 bits per heavy atom. The Hall–Kier alpha value is -2.29. The first-order valence-corrected chi connectivity index (χ1v) is 10.2. The van der Waals surface area contributed by atoms with Crippen molar-refractivity contribution in [3.63, 3.8) is 0 Å². The van der Waals surface area contributed by atoms with E-state index in [0.717, 1.165) is 27.9 Å². The normalized spacial score (nSPS) is 13.4. The summed E-state index contributed by atoms with van der Waals surface area (Å²) in [6.45, 7) is 4.69. The van der Waals surface area contributed by atoms with Crippen molar-refractivity contribution >= 4 is 21.1 Å². The highest BCUT2D eigenvalue weighted by Crippen LogP contribution is 2.20. The number of nitrogens with one attached hydrogen (secondary N) is 1. The molecule has 2 heterocycles. The largest absolute Gasteiger partial charge is 0.306 e. The zero-order valence-corrected chi connectivity index (χ0v) is 17.1. The van der Waals surface area contributed by atoms with Crippen molar-refractivity contribution in [2.75, 3.05) is 14.1 Å². The fraction of sp³-hybridized carbons (Fsp3) is 0.368. The van der Waals surface area contributed by atoms with Crippen LogP contribution in [0.25, 0.3) is 11.0 Å². The molecule has 0 bridgehead atoms. The summed E-state index contributed by atoms with van der Waals surface area (Å²) in [5.41, 5.74) is 3.95. The van der Waals surface area contributed by atoms with Gasteiger partial charge in [0.2, 0.25) is 10.0 Å². The number of hydrogen-bond donors (Lipinski definition) is 1. The summed E-state index contributed by atoms with van der Waals surface area (Å²) in [6, 6.07) is 9.18. The van der Waals surface area contributed by atoms with E-state index in [9.17, 15) is 8.42 Å². The molecule has 3 rings (SSSR count). The Morgan fingerprint density at radius 2 is 1.89 bits per heavy atom. The van der Waals surface area contributed by atoms with Gasteiger partial charge in [-0.25, -0.2) is 17.7 Å². The van der Waals surface area contributed by atoms with Crippen LogP contribution in [0.2, 0.25) is 0 Å². The monoisotopic (exact) mass is 387 g/mol. The summed E-state index contributed by atoms with van der Waals surface area (Å²) < 4.78 is 27.3. The predicted molar refractivity (Wildman–Crippen MR) is 106 cm³/mol. The Morgan fingerprint density at radius 3 is 2.52 bits per heavy atom. The van der Waals surface area contributed by atoms with Gasteiger partial charge in [0.1, 0.15) is 0 Å². The molecule has 7 nitrogen and oxygen atoms in total. The van der Waals surface area contributed by atoms with E-state index in [-0.39, 0.29) is 6.04 Å². The standard InChI is InChI=1S/C19H25N5O2S/c1-13(16-6-8-17(9-7-16)27(25,26)23(3)4)20-11-15-10-18-14(2)22-24(5)19(18)21-12-15/h6-10,12-13,20H,11H2,1-5H3. The molecule has 0 saturated carbocycles. The highest BCUT2D eigenvalue weighted by molar-refractivity contribution is 7.89. The molecule has 0 radical (unpaired) electrons. The van der Waals surface area contributed by atoms with E-state index in [1.807, 2.05) is 32.3 Å². The molecular formula is C19H25N5O2S. The number of aromatic nitrogens is 3. The highest BCUT2D eigenvalue weighted by Gasteiger charge is 2.17. The second-order valence-corrected chi connectivity index (χ2v) is 9.03. The summed E-state index contributed by atoms with van der Waals surface area (Å²) in [4.78, 5) is 4.79. The molecule has 1 aromatic carbocycles. The van der Waals surface area contributed by atoms with Crippen molar-refractivity contribution in [1.29, 1.82) is 0 Å². The Bertz CT molecular complexity index is 1060. The summed E-state index contributed by atoms with van der Waals surface area (Å²) in [5.74, 6) is 0. The molecule has 0 spiro atoms. The molecule has 1 atom stereocenters. The smallest absolute Gasteiger partial charge is 0.242 e. The number of rotatable bonds is 6. The summed E-state index contributed by atoms with van der Waals surface area (Å²) >= 11 is 0. The minimum Gasteiger partial charge on any atom is -0.306 e. The van der Waals surface area contributed by atoms with Crippen LogP contribution in [0.3, 0.4) is 0 Å². The number of sulfonamides is 1. The third kappa shape index (κ3) is 3.87. The highest BCUT2D eigenvalue weighted by atomic mass is 32.2. The molecule has 0 fully saturated rings. The number of hydrogen-bond acceptors (Lipinski definition) is 5. The maximum atomic E-state index is 12.2. The molecule has 2 aromatic heterocycles. The van der Waals surface area contributed by atoms with Gasteiger partial charge >= 0.3 is 0 Å². The molecule has 3 aromatic rings. The Balaban J connectivity index is 1.71. The maximum Gasteiger partial charge on any atom is 0.242 e. The average molecular weight is 388 g/mol. The van der Waals surface area contributed by atoms with E-state index in [1.165, 1.54) is 18.4 Å². The van der Waals surface area contributed by atoms with Gasteiger partial charge in [-0.2, -0.15) is 5.10 Å². The maximum absolute atomic E-state index is 12.2. The third-order valence-corrected chi connectivity index (χ3v) is 6.52. The van der Waals surface area contributed by atoms with Crippen LogP contribution >= 0.6 is 0 Å². The molecule has 1 unspecified atom stereocenters. The van der Waals surface area contributed by atoms with E-state index in [0.29, 0.717) is 11.4 Å². The second kappa shape index (κ2) is 7.38. The number of nitrogens with zero attached hydrogens (tertiary/aromatic N) is 4. The van der Waals surface area contributed by atoms with Crippen LogP contribution in [0, 0.1) is 6.92 Å². The first kappa shape index (κ1) is 19.5. The summed E-state index contributed by atoms with van der Waals surface area (Å²) in [6.07, 6.45) is 1.86. The third-order valence-electron chi connectivity index (χ3n) is 4.69. The topological polar surface area (TPSA) is 80.1 Å². The van der Waals surface area contributed by atoms with Gasteiger partial charge in [0, 0.05) is 45.3 Å². The van der Waals surface area contributed by atoms with Gasteiger partial charge in [0.05, 0.1) is 10.6 Å². The molecule has 0 aliphatic carbocycles. The number of aryl methyl sites for hydroxylation is 2. The van der Waals surface area contributed by atoms with Crippen LogP contribution in [-0.2, 0) is 23.6 Å². The van der Waals surface area contributed by atoms with Gasteiger partial charge in [-0.3, -0.25) is 4.68 Å². The molecule has 27 heavy (non-hydrogen) atoms. The molecule has 1 N–H and O–H groups in total. The van der Waals surface area contributed by atoms with E-state index in [2.05, 4.69) is 28.4 Å². The minimum absolute atomic E-state index is 0.0757. The van der Waals surface area contributed by atoms with Crippen molar-refractivity contribution in [2.45, 2.75) is 31.3 Å². The lowest BCUT2D eigenvalue weighted by molar-refractivity contribution is 0.520. The van der Waals surface area contributed by atoms with Gasteiger partial charge in [-0.1, -0.05) is 12.1 Å². The van der Waals surface area contributed by atoms with Crippen LogP contribution in [0.4, 0.5) is 0 Å². The molecular weight excluding hydrogens is 362 g/mol. The van der Waals surface area contributed by atoms with Crippen molar-refractivity contribution in [1.82, 2.24) is 24.4 Å². The molecule has 0 saturated heterocycles. The van der Waals surface area contributed by atoms with Crippen molar-refractivity contribution in [2.24, 2.45) is 7.05 Å². The van der Waals surface area contributed by atoms with Crippen molar-refractivity contribution in [3.8, 4) is 0 Å². The lowest BCUT2D eigenvalue weighted by Crippen LogP contribution is -2.22. The van der Waals surface area contributed by atoms with Crippen LogP contribution in [0.15, 0.2) is 41.4 Å². The molecule has 0 amide bonds. The lowest BCUT2D eigenvalue weighted by Gasteiger charge is -2.16. The van der Waals surface area contributed by atoms with E-state index >= 15 is 0 Å². The second-order valence-electron chi connectivity index (χ2n) is 6.88. The fourth-order valence-corrected chi connectivity index (χ4v) is 3.88. The number of pyridine rings is 1. The number of fused-ring (bicyclic) bond motifs is 1. The zero-order chi connectivity index (χ0) is 19.8. The fourth-order valence-electron chi connectivity index (χ4n) is 2.98. The first-order chi connectivity index (χ1) is 12.7. The zero-order valence-electron chi connectivity index (χ0n) is 16.3. The quantitative estimate of drug-likeness (QED) is 0.702. The summed E-state index contributed by atoms with van der Waals surface area (Å²) in [7, 11) is 1.55. The van der Waals surface area contributed by atoms with Gasteiger partial charge in [-0.15, -0.1) is 0 Å². The molecule has 0 aliphatic heterocycles. The average Bonchev–Trinajstić information content (AvgIpc) is 2.93. The van der Waals surface area contributed by atoms with E-state index in [1.54, 1.807) is 16.8 Å². The van der Waals surface area contributed by atoms with E-state index < -0.39 is 10.0 Å².